The van der Waals surface area contributed by atoms with Crippen LogP contribution in [0.4, 0.5) is 0 Å². The van der Waals surface area contributed by atoms with Crippen LogP contribution < -0.4 is 5.73 Å². The number of hydrogen-bond donors (Lipinski definition) is 2. The summed E-state index contributed by atoms with van der Waals surface area (Å²) < 4.78 is 0. The highest BCUT2D eigenvalue weighted by Gasteiger charge is 2.16. The molecule has 0 spiro atoms. The summed E-state index contributed by atoms with van der Waals surface area (Å²) >= 11 is 1.72. The minimum Gasteiger partial charge on any atom is -0.389 e. The molecular formula is C8H19NOS. The Morgan fingerprint density at radius 2 is 2.18 bits per heavy atom. The number of aliphatic hydroxyl groups is 1. The van der Waals surface area contributed by atoms with Gasteiger partial charge in [-0.15, -0.1) is 0 Å². The van der Waals surface area contributed by atoms with Crippen molar-refractivity contribution in [1.29, 1.82) is 0 Å². The largest absolute Gasteiger partial charge is 0.389 e. The third-order valence-electron chi connectivity index (χ3n) is 1.56. The van der Waals surface area contributed by atoms with Crippen molar-refractivity contribution in [1.82, 2.24) is 0 Å². The second kappa shape index (κ2) is 5.01. The second-order valence-electron chi connectivity index (χ2n) is 3.34. The van der Waals surface area contributed by atoms with Crippen molar-refractivity contribution >= 4 is 11.8 Å². The average molecular weight is 177 g/mol. The van der Waals surface area contributed by atoms with Crippen LogP contribution in [0.25, 0.3) is 0 Å². The highest BCUT2D eigenvalue weighted by Crippen LogP contribution is 2.16. The topological polar surface area (TPSA) is 46.2 Å². The fraction of sp³-hybridized carbons (Fsp3) is 1.00. The molecule has 0 radical (unpaired) electrons. The molecule has 3 N–H and O–H groups in total. The first-order chi connectivity index (χ1) is 4.98. The van der Waals surface area contributed by atoms with E-state index in [2.05, 4.69) is 0 Å². The van der Waals surface area contributed by atoms with E-state index in [-0.39, 0.29) is 6.04 Å². The van der Waals surface area contributed by atoms with Crippen molar-refractivity contribution in [2.45, 2.75) is 38.8 Å². The van der Waals surface area contributed by atoms with Crippen LogP contribution in [0.1, 0.15) is 27.2 Å². The molecule has 3 heteroatoms. The number of hydrogen-bond acceptors (Lipinski definition) is 3. The highest BCUT2D eigenvalue weighted by molar-refractivity contribution is 7.99. The lowest BCUT2D eigenvalue weighted by Crippen LogP contribution is -2.27. The average Bonchev–Trinajstić information content (AvgIpc) is 1.87. The van der Waals surface area contributed by atoms with Gasteiger partial charge in [-0.1, -0.05) is 6.92 Å². The molecule has 0 aliphatic rings. The molecule has 0 aromatic rings. The van der Waals surface area contributed by atoms with Crippen molar-refractivity contribution in [2.24, 2.45) is 5.73 Å². The number of thioether (sulfide) groups is 1. The fourth-order valence-electron chi connectivity index (χ4n) is 0.567. The Morgan fingerprint density at radius 3 is 2.55 bits per heavy atom. The second-order valence-corrected chi connectivity index (χ2v) is 4.37. The van der Waals surface area contributed by atoms with Gasteiger partial charge in [0.05, 0.1) is 5.60 Å². The maximum atomic E-state index is 9.57. The fourth-order valence-corrected chi connectivity index (χ4v) is 1.70. The minimum absolute atomic E-state index is 0.229. The molecule has 0 aromatic carbocycles. The van der Waals surface area contributed by atoms with Gasteiger partial charge in [-0.05, 0) is 20.3 Å². The molecule has 11 heavy (non-hydrogen) atoms. The van der Waals surface area contributed by atoms with Gasteiger partial charge in [-0.3, -0.25) is 0 Å². The van der Waals surface area contributed by atoms with Gasteiger partial charge in [-0.2, -0.15) is 11.8 Å². The summed E-state index contributed by atoms with van der Waals surface area (Å²) in [5.74, 6) is 1.71. The van der Waals surface area contributed by atoms with Crippen molar-refractivity contribution in [3.63, 3.8) is 0 Å². The van der Waals surface area contributed by atoms with Gasteiger partial charge in [0.15, 0.2) is 0 Å². The van der Waals surface area contributed by atoms with Gasteiger partial charge in [0.1, 0.15) is 0 Å². The van der Waals surface area contributed by atoms with Crippen LogP contribution in [-0.4, -0.2) is 28.3 Å². The summed E-state index contributed by atoms with van der Waals surface area (Å²) in [6.07, 6.45) is 0.805. The lowest BCUT2D eigenvalue weighted by Gasteiger charge is -2.20. The maximum Gasteiger partial charge on any atom is 0.0707 e. The molecule has 2 atom stereocenters. The van der Waals surface area contributed by atoms with E-state index in [1.54, 1.807) is 11.8 Å². The SMILES string of the molecule is CCC(C)(O)CSCC(C)N. The Bertz CT molecular complexity index is 104. The van der Waals surface area contributed by atoms with E-state index >= 15 is 0 Å². The summed E-state index contributed by atoms with van der Waals surface area (Å²) in [7, 11) is 0. The van der Waals surface area contributed by atoms with Crippen LogP contribution in [0.3, 0.4) is 0 Å². The molecule has 0 fully saturated rings. The first kappa shape index (κ1) is 11.3. The van der Waals surface area contributed by atoms with E-state index in [9.17, 15) is 5.11 Å². The summed E-state index contributed by atoms with van der Waals surface area (Å²) in [5, 5.41) is 9.57. The summed E-state index contributed by atoms with van der Waals surface area (Å²) in [6, 6.07) is 0.229. The summed E-state index contributed by atoms with van der Waals surface area (Å²) in [5.41, 5.74) is 5.05. The monoisotopic (exact) mass is 177 g/mol. The normalized spacial score (nSPS) is 19.4. The molecule has 0 rings (SSSR count). The number of rotatable bonds is 5. The molecule has 0 aromatic heterocycles. The van der Waals surface area contributed by atoms with Crippen LogP contribution in [0.5, 0.6) is 0 Å². The van der Waals surface area contributed by atoms with Gasteiger partial charge >= 0.3 is 0 Å². The molecule has 0 amide bonds. The highest BCUT2D eigenvalue weighted by atomic mass is 32.2. The lowest BCUT2D eigenvalue weighted by atomic mass is 10.1. The molecule has 0 saturated heterocycles. The molecule has 68 valence electrons. The standard InChI is InChI=1S/C8H19NOS/c1-4-8(3,10)6-11-5-7(2)9/h7,10H,4-6,9H2,1-3H3. The molecule has 0 bridgehead atoms. The molecule has 2 nitrogen and oxygen atoms in total. The Hall–Kier alpha value is 0.270. The van der Waals surface area contributed by atoms with Gasteiger partial charge < -0.3 is 10.8 Å². The molecule has 0 aliphatic heterocycles. The van der Waals surface area contributed by atoms with E-state index in [1.165, 1.54) is 0 Å². The predicted octanol–water partition coefficient (Wildman–Crippen LogP) is 1.23. The smallest absolute Gasteiger partial charge is 0.0707 e. The van der Waals surface area contributed by atoms with Gasteiger partial charge in [0.25, 0.3) is 0 Å². The quantitative estimate of drug-likeness (QED) is 0.664. The van der Waals surface area contributed by atoms with Crippen LogP contribution >= 0.6 is 11.8 Å². The molecule has 0 aliphatic carbocycles. The first-order valence-corrected chi connectivity index (χ1v) is 5.19. The van der Waals surface area contributed by atoms with E-state index in [0.717, 1.165) is 17.9 Å². The predicted molar refractivity (Wildman–Crippen MR) is 51.9 cm³/mol. The minimum atomic E-state index is -0.514. The Labute approximate surface area is 73.6 Å². The summed E-state index contributed by atoms with van der Waals surface area (Å²) in [4.78, 5) is 0. The van der Waals surface area contributed by atoms with Crippen molar-refractivity contribution in [3.8, 4) is 0 Å². The van der Waals surface area contributed by atoms with Crippen LogP contribution in [0, 0.1) is 0 Å². The van der Waals surface area contributed by atoms with Crippen molar-refractivity contribution in [2.75, 3.05) is 11.5 Å². The van der Waals surface area contributed by atoms with Crippen LogP contribution in [-0.2, 0) is 0 Å². The van der Waals surface area contributed by atoms with Crippen LogP contribution in [0.15, 0.2) is 0 Å². The van der Waals surface area contributed by atoms with Gasteiger partial charge in [0, 0.05) is 17.5 Å². The molecular weight excluding hydrogens is 158 g/mol. The van der Waals surface area contributed by atoms with Crippen LogP contribution in [0.2, 0.25) is 0 Å². The Kier molecular flexibility index (Phi) is 5.13. The Balaban J connectivity index is 3.38. The van der Waals surface area contributed by atoms with E-state index in [4.69, 9.17) is 5.73 Å². The third-order valence-corrected chi connectivity index (χ3v) is 3.14. The van der Waals surface area contributed by atoms with Crippen molar-refractivity contribution in [3.05, 3.63) is 0 Å². The van der Waals surface area contributed by atoms with Gasteiger partial charge in [0.2, 0.25) is 0 Å². The van der Waals surface area contributed by atoms with E-state index in [1.807, 2.05) is 20.8 Å². The number of nitrogens with two attached hydrogens (primary N) is 1. The van der Waals surface area contributed by atoms with E-state index in [0.29, 0.717) is 0 Å². The van der Waals surface area contributed by atoms with Crippen molar-refractivity contribution < 1.29 is 5.11 Å². The molecule has 0 saturated carbocycles. The Morgan fingerprint density at radius 1 is 1.64 bits per heavy atom. The zero-order valence-corrected chi connectivity index (χ0v) is 8.45. The van der Waals surface area contributed by atoms with E-state index < -0.39 is 5.60 Å². The zero-order valence-electron chi connectivity index (χ0n) is 7.63. The maximum absolute atomic E-state index is 9.57. The first-order valence-electron chi connectivity index (χ1n) is 4.03. The zero-order chi connectivity index (χ0) is 8.91. The third kappa shape index (κ3) is 6.66. The van der Waals surface area contributed by atoms with Gasteiger partial charge in [-0.25, -0.2) is 0 Å². The summed E-state index contributed by atoms with van der Waals surface area (Å²) in [6.45, 7) is 5.83. The lowest BCUT2D eigenvalue weighted by molar-refractivity contribution is 0.0816. The molecule has 2 unspecified atom stereocenters. The molecule has 0 heterocycles.